The number of amides is 1. The van der Waals surface area contributed by atoms with Crippen molar-refractivity contribution in [1.29, 1.82) is 0 Å². The number of hydrogen-bond donors (Lipinski definition) is 2. The number of likely N-dealkylation sites (tertiary alicyclic amines) is 1. The third kappa shape index (κ3) is 7.04. The molecule has 25 heavy (non-hydrogen) atoms. The highest BCUT2D eigenvalue weighted by Crippen LogP contribution is 2.16. The van der Waals surface area contributed by atoms with E-state index < -0.39 is 0 Å². The zero-order valence-corrected chi connectivity index (χ0v) is 16.1. The fraction of sp³-hybridized carbons (Fsp3) is 0.650. The summed E-state index contributed by atoms with van der Waals surface area (Å²) in [6, 6.07) is 8.63. The van der Waals surface area contributed by atoms with Crippen LogP contribution >= 0.6 is 0 Å². The zero-order valence-electron chi connectivity index (χ0n) is 16.1. The lowest BCUT2D eigenvalue weighted by Gasteiger charge is -2.23. The van der Waals surface area contributed by atoms with E-state index in [1.165, 1.54) is 24.9 Å². The maximum atomic E-state index is 11.8. The fourth-order valence-electron chi connectivity index (χ4n) is 3.23. The van der Waals surface area contributed by atoms with Crippen LogP contribution in [0.1, 0.15) is 46.1 Å². The average molecular weight is 348 g/mol. The van der Waals surface area contributed by atoms with Crippen LogP contribution in [-0.2, 0) is 11.3 Å². The number of rotatable bonds is 8. The number of carbonyl (C=O) groups excluding carboxylic acids is 1. The third-order valence-corrected chi connectivity index (χ3v) is 4.42. The molecule has 0 spiro atoms. The number of ether oxygens (including phenoxy) is 1. The van der Waals surface area contributed by atoms with Gasteiger partial charge in [0.05, 0.1) is 0 Å². The third-order valence-electron chi connectivity index (χ3n) is 4.42. The minimum atomic E-state index is -0.233. The Morgan fingerprint density at radius 3 is 2.64 bits per heavy atom. The maximum Gasteiger partial charge on any atom is 0.258 e. The monoisotopic (exact) mass is 347 g/mol. The van der Waals surface area contributed by atoms with Gasteiger partial charge in [-0.15, -0.1) is 0 Å². The minimum absolute atomic E-state index is 0.0450. The van der Waals surface area contributed by atoms with Crippen molar-refractivity contribution in [3.8, 4) is 5.75 Å². The van der Waals surface area contributed by atoms with Crippen LogP contribution in [0.5, 0.6) is 5.75 Å². The quantitative estimate of drug-likeness (QED) is 0.759. The molecule has 1 aromatic carbocycles. The van der Waals surface area contributed by atoms with E-state index >= 15 is 0 Å². The molecule has 1 aromatic rings. The molecule has 0 bridgehead atoms. The van der Waals surface area contributed by atoms with Gasteiger partial charge in [0.25, 0.3) is 5.91 Å². The second kappa shape index (κ2) is 9.20. The molecule has 1 atom stereocenters. The lowest BCUT2D eigenvalue weighted by Crippen LogP contribution is -2.43. The van der Waals surface area contributed by atoms with Crippen LogP contribution in [0, 0.1) is 0 Å². The summed E-state index contributed by atoms with van der Waals surface area (Å²) in [6.07, 6.45) is 2.61. The van der Waals surface area contributed by atoms with Crippen molar-refractivity contribution in [2.75, 3.05) is 26.2 Å². The van der Waals surface area contributed by atoms with E-state index in [-0.39, 0.29) is 18.1 Å². The Kier molecular flexibility index (Phi) is 7.26. The molecule has 0 unspecified atom stereocenters. The molecule has 1 fully saturated rings. The number of likely N-dealkylation sites (N-methyl/N-ethyl adjacent to an activating group) is 1. The van der Waals surface area contributed by atoms with Crippen molar-refractivity contribution in [1.82, 2.24) is 15.5 Å². The predicted octanol–water partition coefficient (Wildman–Crippen LogP) is 2.55. The normalized spacial score (nSPS) is 18.3. The van der Waals surface area contributed by atoms with Crippen LogP contribution in [0.25, 0.3) is 0 Å². The van der Waals surface area contributed by atoms with Gasteiger partial charge >= 0.3 is 0 Å². The molecule has 140 valence electrons. The van der Waals surface area contributed by atoms with E-state index in [4.69, 9.17) is 4.74 Å². The van der Waals surface area contributed by atoms with E-state index in [0.29, 0.717) is 6.04 Å². The standard InChI is InChI=1S/C20H33N3O2/c1-5-23-12-6-7-17(23)14-21-13-16-8-10-18(11-9-16)25-15-19(24)22-20(2,3)4/h8-11,17,21H,5-7,12-15H2,1-4H3,(H,22,24)/t17-/m0/s1. The summed E-state index contributed by atoms with van der Waals surface area (Å²) in [6.45, 7) is 12.4. The number of nitrogens with one attached hydrogen (secondary N) is 2. The summed E-state index contributed by atoms with van der Waals surface area (Å²) < 4.78 is 5.54. The molecule has 1 aliphatic rings. The molecule has 1 amide bonds. The second-order valence-electron chi connectivity index (χ2n) is 7.79. The smallest absolute Gasteiger partial charge is 0.258 e. The summed E-state index contributed by atoms with van der Waals surface area (Å²) in [5.74, 6) is 0.621. The second-order valence-corrected chi connectivity index (χ2v) is 7.79. The van der Waals surface area contributed by atoms with Gasteiger partial charge in [-0.25, -0.2) is 0 Å². The van der Waals surface area contributed by atoms with Crippen molar-refractivity contribution >= 4 is 5.91 Å². The van der Waals surface area contributed by atoms with Crippen LogP contribution in [0.3, 0.4) is 0 Å². The Labute approximate surface area is 152 Å². The van der Waals surface area contributed by atoms with Gasteiger partial charge in [-0.3, -0.25) is 9.69 Å². The van der Waals surface area contributed by atoms with E-state index in [2.05, 4.69) is 34.6 Å². The highest BCUT2D eigenvalue weighted by Gasteiger charge is 2.22. The molecule has 0 radical (unpaired) electrons. The first-order valence-corrected chi connectivity index (χ1v) is 9.35. The molecule has 5 heteroatoms. The van der Waals surface area contributed by atoms with Crippen LogP contribution in [0.4, 0.5) is 0 Å². The van der Waals surface area contributed by atoms with Gasteiger partial charge in [-0.1, -0.05) is 19.1 Å². The van der Waals surface area contributed by atoms with Crippen LogP contribution < -0.4 is 15.4 Å². The van der Waals surface area contributed by atoms with Gasteiger partial charge in [0.2, 0.25) is 0 Å². The molecule has 0 aromatic heterocycles. The lowest BCUT2D eigenvalue weighted by atomic mass is 10.1. The largest absolute Gasteiger partial charge is 0.484 e. The Balaban J connectivity index is 1.70. The SMILES string of the molecule is CCN1CCC[C@H]1CNCc1ccc(OCC(=O)NC(C)(C)C)cc1. The lowest BCUT2D eigenvalue weighted by molar-refractivity contribution is -0.124. The Morgan fingerprint density at radius 1 is 1.28 bits per heavy atom. The highest BCUT2D eigenvalue weighted by molar-refractivity contribution is 5.78. The maximum absolute atomic E-state index is 11.8. The molecular weight excluding hydrogens is 314 g/mol. The van der Waals surface area contributed by atoms with Gasteiger partial charge in [0.15, 0.2) is 6.61 Å². The fourth-order valence-corrected chi connectivity index (χ4v) is 3.23. The minimum Gasteiger partial charge on any atom is -0.484 e. The molecule has 2 rings (SSSR count). The number of hydrogen-bond acceptors (Lipinski definition) is 4. The number of carbonyl (C=O) groups is 1. The highest BCUT2D eigenvalue weighted by atomic mass is 16.5. The van der Waals surface area contributed by atoms with Gasteiger partial charge in [-0.05, 0) is 64.4 Å². The van der Waals surface area contributed by atoms with Crippen LogP contribution in [0.2, 0.25) is 0 Å². The molecule has 2 N–H and O–H groups in total. The van der Waals surface area contributed by atoms with Gasteiger partial charge in [0.1, 0.15) is 5.75 Å². The van der Waals surface area contributed by atoms with E-state index in [9.17, 15) is 4.79 Å². The molecule has 0 aliphatic carbocycles. The first-order valence-electron chi connectivity index (χ1n) is 9.35. The Hall–Kier alpha value is -1.59. The topological polar surface area (TPSA) is 53.6 Å². The van der Waals surface area contributed by atoms with Gasteiger partial charge < -0.3 is 15.4 Å². The Bertz CT molecular complexity index is 537. The number of nitrogens with zero attached hydrogens (tertiary/aromatic N) is 1. The molecular formula is C20H33N3O2. The van der Waals surface area contributed by atoms with Crippen molar-refractivity contribution in [3.63, 3.8) is 0 Å². The summed E-state index contributed by atoms with van der Waals surface area (Å²) in [4.78, 5) is 14.3. The molecule has 5 nitrogen and oxygen atoms in total. The van der Waals surface area contributed by atoms with Crippen molar-refractivity contribution in [3.05, 3.63) is 29.8 Å². The van der Waals surface area contributed by atoms with Crippen LogP contribution in [0.15, 0.2) is 24.3 Å². The van der Waals surface area contributed by atoms with Crippen molar-refractivity contribution < 1.29 is 9.53 Å². The van der Waals surface area contributed by atoms with Gasteiger partial charge in [-0.2, -0.15) is 0 Å². The Morgan fingerprint density at radius 2 is 2.00 bits per heavy atom. The summed E-state index contributed by atoms with van der Waals surface area (Å²) in [7, 11) is 0. The van der Waals surface area contributed by atoms with Gasteiger partial charge in [0, 0.05) is 24.7 Å². The van der Waals surface area contributed by atoms with E-state index in [1.807, 2.05) is 32.9 Å². The zero-order chi connectivity index (χ0) is 18.3. The van der Waals surface area contributed by atoms with Crippen LogP contribution in [-0.4, -0.2) is 48.6 Å². The summed E-state index contributed by atoms with van der Waals surface area (Å²) in [5.41, 5.74) is 0.996. The molecule has 0 saturated carbocycles. The van der Waals surface area contributed by atoms with Crippen molar-refractivity contribution in [2.45, 2.75) is 58.7 Å². The molecule has 1 heterocycles. The van der Waals surface area contributed by atoms with E-state index in [1.54, 1.807) is 0 Å². The average Bonchev–Trinajstić information content (AvgIpc) is 3.00. The summed E-state index contributed by atoms with van der Waals surface area (Å²) >= 11 is 0. The van der Waals surface area contributed by atoms with Crippen molar-refractivity contribution in [2.24, 2.45) is 0 Å². The predicted molar refractivity (Wildman–Crippen MR) is 102 cm³/mol. The molecule has 1 aliphatic heterocycles. The van der Waals surface area contributed by atoms with E-state index in [0.717, 1.165) is 25.4 Å². The summed E-state index contributed by atoms with van der Waals surface area (Å²) in [5, 5.41) is 6.44. The number of benzene rings is 1. The first-order chi connectivity index (χ1) is 11.9. The molecule has 1 saturated heterocycles. The first kappa shape index (κ1) is 19.7.